The fourth-order valence-electron chi connectivity index (χ4n) is 1.62. The van der Waals surface area contributed by atoms with Gasteiger partial charge < -0.3 is 10.5 Å². The second-order valence-electron chi connectivity index (χ2n) is 3.87. The number of ether oxygens (including phenoxy) is 1. The Labute approximate surface area is 114 Å². The molecule has 0 radical (unpaired) electrons. The summed E-state index contributed by atoms with van der Waals surface area (Å²) in [6.07, 6.45) is 1.68. The van der Waals surface area contributed by atoms with E-state index in [2.05, 4.69) is 9.97 Å². The van der Waals surface area contributed by atoms with Gasteiger partial charge in [0.25, 0.3) is 0 Å². The van der Waals surface area contributed by atoms with Crippen LogP contribution in [0.25, 0.3) is 11.4 Å². The molecular formula is C14H11N3OS. The van der Waals surface area contributed by atoms with Gasteiger partial charge in [-0.25, -0.2) is 4.98 Å². The number of hydrogen-bond acceptors (Lipinski definition) is 5. The first-order valence-electron chi connectivity index (χ1n) is 5.71. The van der Waals surface area contributed by atoms with Gasteiger partial charge in [-0.15, -0.1) is 11.3 Å². The van der Waals surface area contributed by atoms with Gasteiger partial charge in [0.2, 0.25) is 0 Å². The maximum Gasteiger partial charge on any atom is 0.180 e. The van der Waals surface area contributed by atoms with Crippen molar-refractivity contribution in [1.29, 1.82) is 0 Å². The first-order valence-corrected chi connectivity index (χ1v) is 6.59. The van der Waals surface area contributed by atoms with E-state index in [1.54, 1.807) is 6.20 Å². The van der Waals surface area contributed by atoms with Gasteiger partial charge in [0.1, 0.15) is 17.2 Å². The average molecular weight is 269 g/mol. The van der Waals surface area contributed by atoms with Gasteiger partial charge >= 0.3 is 0 Å². The molecule has 3 aromatic rings. The highest BCUT2D eigenvalue weighted by Crippen LogP contribution is 2.25. The first kappa shape index (κ1) is 11.7. The van der Waals surface area contributed by atoms with Crippen molar-refractivity contribution in [2.24, 2.45) is 0 Å². The second-order valence-corrected chi connectivity index (χ2v) is 4.75. The monoisotopic (exact) mass is 269 g/mol. The summed E-state index contributed by atoms with van der Waals surface area (Å²) in [5, 5.41) is 2.43. The Bertz CT molecular complexity index is 665. The summed E-state index contributed by atoms with van der Waals surface area (Å²) in [6, 6.07) is 13.3. The lowest BCUT2D eigenvalue weighted by Gasteiger charge is -2.05. The Kier molecular flexibility index (Phi) is 3.12. The van der Waals surface area contributed by atoms with Crippen LogP contribution in [0.1, 0.15) is 0 Å². The zero-order valence-electron chi connectivity index (χ0n) is 9.98. The molecule has 0 bridgehead atoms. The summed E-state index contributed by atoms with van der Waals surface area (Å²) in [6.45, 7) is 0. The summed E-state index contributed by atoms with van der Waals surface area (Å²) in [5.41, 5.74) is 7.17. The predicted molar refractivity (Wildman–Crippen MR) is 76.3 cm³/mol. The number of benzene rings is 1. The minimum Gasteiger partial charge on any atom is -0.456 e. The number of thiazole rings is 1. The molecule has 0 fully saturated rings. The lowest BCUT2D eigenvalue weighted by atomic mass is 10.3. The highest BCUT2D eigenvalue weighted by atomic mass is 32.1. The molecule has 0 atom stereocenters. The molecule has 1 aromatic carbocycles. The van der Waals surface area contributed by atoms with Crippen molar-refractivity contribution < 1.29 is 4.74 Å². The van der Waals surface area contributed by atoms with Crippen molar-refractivity contribution in [1.82, 2.24) is 9.97 Å². The topological polar surface area (TPSA) is 61.0 Å². The normalized spacial score (nSPS) is 10.3. The molecule has 0 amide bonds. The van der Waals surface area contributed by atoms with Crippen LogP contribution in [0.4, 0.5) is 5.13 Å². The zero-order chi connectivity index (χ0) is 13.1. The molecule has 0 aliphatic heterocycles. The lowest BCUT2D eigenvalue weighted by Crippen LogP contribution is -1.88. The molecule has 0 aliphatic carbocycles. The summed E-state index contributed by atoms with van der Waals surface area (Å²) < 4.78 is 5.67. The van der Waals surface area contributed by atoms with E-state index in [0.717, 1.165) is 17.1 Å². The molecule has 5 heteroatoms. The van der Waals surface area contributed by atoms with Crippen LogP contribution in [0.3, 0.4) is 0 Å². The zero-order valence-corrected chi connectivity index (χ0v) is 10.8. The van der Waals surface area contributed by atoms with Crippen LogP contribution in [-0.4, -0.2) is 9.97 Å². The van der Waals surface area contributed by atoms with E-state index in [9.17, 15) is 0 Å². The van der Waals surface area contributed by atoms with Crippen molar-refractivity contribution >= 4 is 16.5 Å². The van der Waals surface area contributed by atoms with Gasteiger partial charge in [-0.3, -0.25) is 4.98 Å². The SMILES string of the molecule is Nc1nc(-c2ccc(Oc3ccccc3)cn2)cs1. The van der Waals surface area contributed by atoms with Gasteiger partial charge in [-0.05, 0) is 24.3 Å². The smallest absolute Gasteiger partial charge is 0.180 e. The van der Waals surface area contributed by atoms with Crippen LogP contribution >= 0.6 is 11.3 Å². The number of rotatable bonds is 3. The van der Waals surface area contributed by atoms with Crippen molar-refractivity contribution in [3.63, 3.8) is 0 Å². The summed E-state index contributed by atoms with van der Waals surface area (Å²) in [7, 11) is 0. The Hall–Kier alpha value is -2.40. The minimum absolute atomic E-state index is 0.543. The van der Waals surface area contributed by atoms with Crippen LogP contribution < -0.4 is 10.5 Å². The van der Waals surface area contributed by atoms with Crippen LogP contribution in [0.5, 0.6) is 11.5 Å². The molecule has 2 N–H and O–H groups in total. The van der Waals surface area contributed by atoms with Crippen LogP contribution in [0, 0.1) is 0 Å². The number of aromatic nitrogens is 2. The molecule has 0 saturated heterocycles. The van der Waals surface area contributed by atoms with E-state index >= 15 is 0 Å². The number of pyridine rings is 1. The molecule has 3 rings (SSSR count). The van der Waals surface area contributed by atoms with E-state index in [-0.39, 0.29) is 0 Å². The van der Waals surface area contributed by atoms with Gasteiger partial charge in [-0.2, -0.15) is 0 Å². The predicted octanol–water partition coefficient (Wildman–Crippen LogP) is 3.58. The first-order chi connectivity index (χ1) is 9.31. The van der Waals surface area contributed by atoms with Crippen LogP contribution in [0.2, 0.25) is 0 Å². The van der Waals surface area contributed by atoms with Crippen LogP contribution in [-0.2, 0) is 0 Å². The van der Waals surface area contributed by atoms with Gasteiger partial charge in [-0.1, -0.05) is 18.2 Å². The number of hydrogen-bond donors (Lipinski definition) is 1. The van der Waals surface area contributed by atoms with E-state index in [1.807, 2.05) is 47.8 Å². The van der Waals surface area contributed by atoms with Crippen molar-refractivity contribution in [3.05, 3.63) is 54.0 Å². The largest absolute Gasteiger partial charge is 0.456 e. The third-order valence-corrected chi connectivity index (χ3v) is 3.17. The highest BCUT2D eigenvalue weighted by molar-refractivity contribution is 7.13. The Morgan fingerprint density at radius 3 is 2.42 bits per heavy atom. The van der Waals surface area contributed by atoms with Gasteiger partial charge in [0.15, 0.2) is 5.13 Å². The van der Waals surface area contributed by atoms with Crippen LogP contribution in [0.15, 0.2) is 54.0 Å². The molecular weight excluding hydrogens is 258 g/mol. The molecule has 2 heterocycles. The number of anilines is 1. The third-order valence-electron chi connectivity index (χ3n) is 2.50. The summed E-state index contributed by atoms with van der Waals surface area (Å²) in [5.74, 6) is 1.48. The quantitative estimate of drug-likeness (QED) is 0.789. The van der Waals surface area contributed by atoms with Crippen molar-refractivity contribution in [2.75, 3.05) is 5.73 Å². The van der Waals surface area contributed by atoms with Gasteiger partial charge in [0, 0.05) is 5.38 Å². The maximum atomic E-state index is 5.67. The van der Waals surface area contributed by atoms with E-state index < -0.39 is 0 Å². The average Bonchev–Trinajstić information content (AvgIpc) is 2.87. The molecule has 0 unspecified atom stereocenters. The summed E-state index contributed by atoms with van der Waals surface area (Å²) in [4.78, 5) is 8.51. The summed E-state index contributed by atoms with van der Waals surface area (Å²) >= 11 is 1.40. The number of para-hydroxylation sites is 1. The molecule has 19 heavy (non-hydrogen) atoms. The fraction of sp³-hybridized carbons (Fsp3) is 0. The Morgan fingerprint density at radius 2 is 1.79 bits per heavy atom. The Balaban J connectivity index is 1.79. The highest BCUT2D eigenvalue weighted by Gasteiger charge is 2.04. The van der Waals surface area contributed by atoms with Crippen molar-refractivity contribution in [3.8, 4) is 22.9 Å². The lowest BCUT2D eigenvalue weighted by molar-refractivity contribution is 0.480. The fourth-order valence-corrected chi connectivity index (χ4v) is 2.18. The molecule has 0 saturated carbocycles. The van der Waals surface area contributed by atoms with E-state index in [0.29, 0.717) is 10.9 Å². The standard InChI is InChI=1S/C14H11N3OS/c15-14-17-13(9-19-14)12-7-6-11(8-16-12)18-10-4-2-1-3-5-10/h1-9H,(H2,15,17). The minimum atomic E-state index is 0.543. The molecule has 0 spiro atoms. The Morgan fingerprint density at radius 1 is 0.947 bits per heavy atom. The number of nitrogens with zero attached hydrogens (tertiary/aromatic N) is 2. The second kappa shape index (κ2) is 5.07. The van der Waals surface area contributed by atoms with Crippen molar-refractivity contribution in [2.45, 2.75) is 0 Å². The molecule has 4 nitrogen and oxygen atoms in total. The van der Waals surface area contributed by atoms with E-state index in [4.69, 9.17) is 10.5 Å². The number of nitrogens with two attached hydrogens (primary N) is 1. The maximum absolute atomic E-state index is 5.67. The molecule has 0 aliphatic rings. The third kappa shape index (κ3) is 2.71. The number of nitrogen functional groups attached to an aromatic ring is 1. The van der Waals surface area contributed by atoms with Gasteiger partial charge in [0.05, 0.1) is 11.9 Å². The molecule has 94 valence electrons. The molecule has 2 aromatic heterocycles. The van der Waals surface area contributed by atoms with E-state index in [1.165, 1.54) is 11.3 Å².